The van der Waals surface area contributed by atoms with Gasteiger partial charge in [0, 0.05) is 12.6 Å². The molecule has 0 aromatic carbocycles. The molecule has 1 fully saturated rings. The summed E-state index contributed by atoms with van der Waals surface area (Å²) in [4.78, 5) is 17.1. The van der Waals surface area contributed by atoms with Crippen LogP contribution in [0.1, 0.15) is 40.5 Å². The second kappa shape index (κ2) is 8.71. The molecule has 0 amide bonds. The third kappa shape index (κ3) is 5.24. The predicted octanol–water partition coefficient (Wildman–Crippen LogP) is 1.33. The highest BCUT2D eigenvalue weighted by Gasteiger charge is 2.36. The first-order valence-corrected chi connectivity index (χ1v) is 8.31. The molecule has 5 heteroatoms. The summed E-state index contributed by atoms with van der Waals surface area (Å²) in [6.45, 7) is 13.4. The molecule has 1 N–H and O–H groups in total. The van der Waals surface area contributed by atoms with Crippen molar-refractivity contribution in [2.45, 2.75) is 52.1 Å². The molecule has 1 saturated heterocycles. The first-order valence-electron chi connectivity index (χ1n) is 8.31. The zero-order valence-corrected chi connectivity index (χ0v) is 14.4. The fourth-order valence-electron chi connectivity index (χ4n) is 3.18. The second-order valence-electron chi connectivity index (χ2n) is 6.16. The molecule has 1 unspecified atom stereocenters. The molecule has 0 aromatic heterocycles. The van der Waals surface area contributed by atoms with Crippen LogP contribution < -0.4 is 5.32 Å². The van der Waals surface area contributed by atoms with Gasteiger partial charge in [0.2, 0.25) is 0 Å². The molecule has 1 heterocycles. The minimum atomic E-state index is -0.624. The molecule has 124 valence electrons. The van der Waals surface area contributed by atoms with E-state index in [1.54, 1.807) is 0 Å². The summed E-state index contributed by atoms with van der Waals surface area (Å²) in [6.07, 6.45) is 2.35. The predicted molar refractivity (Wildman–Crippen MR) is 86.5 cm³/mol. The Hall–Kier alpha value is -0.650. The monoisotopic (exact) mass is 299 g/mol. The lowest BCUT2D eigenvalue weighted by atomic mass is 9.98. The van der Waals surface area contributed by atoms with E-state index in [1.165, 1.54) is 12.8 Å². The summed E-state index contributed by atoms with van der Waals surface area (Å²) in [5.74, 6) is -0.148. The maximum absolute atomic E-state index is 12.3. The number of rotatable bonds is 8. The van der Waals surface area contributed by atoms with Gasteiger partial charge in [0.1, 0.15) is 5.54 Å². The highest BCUT2D eigenvalue weighted by Crippen LogP contribution is 2.18. The SMILES string of the molecule is CCNC(C)(CN(C)C1CCN(CC)CC1)C(=O)OCC. The van der Waals surface area contributed by atoms with Gasteiger partial charge in [-0.15, -0.1) is 0 Å². The molecular formula is C16H33N3O2. The molecule has 1 rings (SSSR count). The van der Waals surface area contributed by atoms with Gasteiger partial charge in [0.15, 0.2) is 0 Å². The van der Waals surface area contributed by atoms with E-state index in [1.807, 2.05) is 20.8 Å². The number of ether oxygens (including phenoxy) is 1. The Morgan fingerprint density at radius 3 is 2.43 bits per heavy atom. The maximum atomic E-state index is 12.3. The van der Waals surface area contributed by atoms with E-state index in [-0.39, 0.29) is 5.97 Å². The van der Waals surface area contributed by atoms with Crippen molar-refractivity contribution in [2.24, 2.45) is 0 Å². The summed E-state index contributed by atoms with van der Waals surface area (Å²) in [5.41, 5.74) is -0.624. The maximum Gasteiger partial charge on any atom is 0.327 e. The van der Waals surface area contributed by atoms with E-state index in [4.69, 9.17) is 4.74 Å². The molecule has 0 bridgehead atoms. The lowest BCUT2D eigenvalue weighted by molar-refractivity contribution is -0.151. The molecule has 1 atom stereocenters. The Morgan fingerprint density at radius 1 is 1.33 bits per heavy atom. The highest BCUT2D eigenvalue weighted by atomic mass is 16.5. The van der Waals surface area contributed by atoms with Gasteiger partial charge in [-0.2, -0.15) is 0 Å². The number of carbonyl (C=O) groups excluding carboxylic acids is 1. The van der Waals surface area contributed by atoms with Crippen LogP contribution in [0.25, 0.3) is 0 Å². The van der Waals surface area contributed by atoms with Gasteiger partial charge in [-0.05, 0) is 59.9 Å². The van der Waals surface area contributed by atoms with E-state index in [2.05, 4.69) is 29.1 Å². The molecular weight excluding hydrogens is 266 g/mol. The number of carbonyl (C=O) groups is 1. The Kier molecular flexibility index (Phi) is 7.63. The first kappa shape index (κ1) is 18.4. The third-order valence-corrected chi connectivity index (χ3v) is 4.49. The van der Waals surface area contributed by atoms with E-state index >= 15 is 0 Å². The van der Waals surface area contributed by atoms with Crippen LogP contribution in [0.5, 0.6) is 0 Å². The Morgan fingerprint density at radius 2 is 1.95 bits per heavy atom. The Bertz CT molecular complexity index is 317. The van der Waals surface area contributed by atoms with E-state index in [0.29, 0.717) is 19.2 Å². The quantitative estimate of drug-likeness (QED) is 0.685. The topological polar surface area (TPSA) is 44.8 Å². The number of likely N-dealkylation sites (N-methyl/N-ethyl adjacent to an activating group) is 2. The summed E-state index contributed by atoms with van der Waals surface area (Å²) in [7, 11) is 2.13. The molecule has 21 heavy (non-hydrogen) atoms. The first-order chi connectivity index (χ1) is 9.96. The van der Waals surface area contributed by atoms with Crippen LogP contribution in [0.4, 0.5) is 0 Å². The van der Waals surface area contributed by atoms with Crippen molar-refractivity contribution >= 4 is 5.97 Å². The summed E-state index contributed by atoms with van der Waals surface area (Å²) in [5, 5.41) is 3.31. The standard InChI is InChI=1S/C16H33N3O2/c1-6-17-16(4,15(20)21-8-3)13-18(5)14-9-11-19(7-2)12-10-14/h14,17H,6-13H2,1-5H3. The molecule has 1 aliphatic heterocycles. The Balaban J connectivity index is 2.60. The molecule has 0 saturated carbocycles. The number of esters is 1. The molecule has 0 radical (unpaired) electrons. The normalized spacial score (nSPS) is 20.5. The second-order valence-corrected chi connectivity index (χ2v) is 6.16. The van der Waals surface area contributed by atoms with Crippen LogP contribution in [-0.4, -0.2) is 73.7 Å². The molecule has 0 aliphatic carbocycles. The molecule has 0 aromatic rings. The average Bonchev–Trinajstić information content (AvgIpc) is 2.47. The summed E-state index contributed by atoms with van der Waals surface area (Å²) < 4.78 is 5.25. The zero-order valence-electron chi connectivity index (χ0n) is 14.4. The zero-order chi connectivity index (χ0) is 15.9. The number of likely N-dealkylation sites (tertiary alicyclic amines) is 1. The largest absolute Gasteiger partial charge is 0.465 e. The van der Waals surface area contributed by atoms with E-state index in [9.17, 15) is 4.79 Å². The van der Waals surface area contributed by atoms with Gasteiger partial charge >= 0.3 is 5.97 Å². The Labute approximate surface area is 130 Å². The third-order valence-electron chi connectivity index (χ3n) is 4.49. The molecule has 1 aliphatic rings. The fourth-order valence-corrected chi connectivity index (χ4v) is 3.18. The highest BCUT2D eigenvalue weighted by molar-refractivity contribution is 5.80. The van der Waals surface area contributed by atoms with Crippen molar-refractivity contribution in [3.63, 3.8) is 0 Å². The molecule has 0 spiro atoms. The van der Waals surface area contributed by atoms with E-state index in [0.717, 1.165) is 26.2 Å². The van der Waals surface area contributed by atoms with Crippen molar-refractivity contribution in [2.75, 3.05) is 46.4 Å². The number of nitrogens with one attached hydrogen (secondary N) is 1. The molecule has 5 nitrogen and oxygen atoms in total. The lowest BCUT2D eigenvalue weighted by Crippen LogP contribution is -2.59. The minimum absolute atomic E-state index is 0.148. The van der Waals surface area contributed by atoms with Gasteiger partial charge in [0.05, 0.1) is 6.61 Å². The number of hydrogen-bond donors (Lipinski definition) is 1. The minimum Gasteiger partial charge on any atom is -0.465 e. The van der Waals surface area contributed by atoms with Gasteiger partial charge in [-0.1, -0.05) is 13.8 Å². The van der Waals surface area contributed by atoms with Crippen molar-refractivity contribution in [1.29, 1.82) is 0 Å². The van der Waals surface area contributed by atoms with Gasteiger partial charge in [-0.25, -0.2) is 0 Å². The van der Waals surface area contributed by atoms with Crippen LogP contribution in [0.2, 0.25) is 0 Å². The van der Waals surface area contributed by atoms with Crippen LogP contribution >= 0.6 is 0 Å². The van der Waals surface area contributed by atoms with Crippen molar-refractivity contribution < 1.29 is 9.53 Å². The number of piperidine rings is 1. The fraction of sp³-hybridized carbons (Fsp3) is 0.938. The van der Waals surface area contributed by atoms with Gasteiger partial charge in [-0.3, -0.25) is 4.79 Å². The number of nitrogens with zero attached hydrogens (tertiary/aromatic N) is 2. The van der Waals surface area contributed by atoms with Crippen LogP contribution in [0.3, 0.4) is 0 Å². The van der Waals surface area contributed by atoms with Crippen molar-refractivity contribution in [3.8, 4) is 0 Å². The summed E-state index contributed by atoms with van der Waals surface area (Å²) >= 11 is 0. The van der Waals surface area contributed by atoms with Crippen molar-refractivity contribution in [1.82, 2.24) is 15.1 Å². The van der Waals surface area contributed by atoms with Crippen molar-refractivity contribution in [3.05, 3.63) is 0 Å². The van der Waals surface area contributed by atoms with Crippen LogP contribution in [0.15, 0.2) is 0 Å². The van der Waals surface area contributed by atoms with Crippen LogP contribution in [-0.2, 0) is 9.53 Å². The van der Waals surface area contributed by atoms with Gasteiger partial charge < -0.3 is 19.9 Å². The van der Waals surface area contributed by atoms with E-state index < -0.39 is 5.54 Å². The average molecular weight is 299 g/mol. The van der Waals surface area contributed by atoms with Gasteiger partial charge in [0.25, 0.3) is 0 Å². The smallest absolute Gasteiger partial charge is 0.327 e. The summed E-state index contributed by atoms with van der Waals surface area (Å²) in [6, 6.07) is 0.556. The number of hydrogen-bond acceptors (Lipinski definition) is 5. The lowest BCUT2D eigenvalue weighted by Gasteiger charge is -2.40. The van der Waals surface area contributed by atoms with Crippen LogP contribution in [0, 0.1) is 0 Å².